The minimum Gasteiger partial charge on any atom is -0.508 e. The van der Waals surface area contributed by atoms with Crippen LogP contribution in [0.1, 0.15) is 18.0 Å². The number of hydrogen-bond donors (Lipinski definition) is 4. The van der Waals surface area contributed by atoms with Gasteiger partial charge in [0.2, 0.25) is 0 Å². The summed E-state index contributed by atoms with van der Waals surface area (Å²) in [5, 5.41) is 31.7. The molecule has 0 bridgehead atoms. The molecule has 18 heavy (non-hydrogen) atoms. The van der Waals surface area contributed by atoms with Gasteiger partial charge in [-0.2, -0.15) is 0 Å². The van der Waals surface area contributed by atoms with Crippen LogP contribution < -0.4 is 5.32 Å². The van der Waals surface area contributed by atoms with E-state index in [2.05, 4.69) is 10.2 Å². The number of hydrogen-bond acceptors (Lipinski definition) is 5. The van der Waals surface area contributed by atoms with E-state index in [1.54, 1.807) is 12.1 Å². The molecule has 1 atom stereocenters. The molecule has 2 rings (SSSR count). The van der Waals surface area contributed by atoms with Gasteiger partial charge in [0.1, 0.15) is 11.5 Å². The van der Waals surface area contributed by atoms with Crippen molar-refractivity contribution in [3.63, 3.8) is 0 Å². The highest BCUT2D eigenvalue weighted by Crippen LogP contribution is 2.33. The Hall–Kier alpha value is -1.30. The molecular formula is C13H20N2O3. The predicted octanol–water partition coefficient (Wildman–Crippen LogP) is 0.426. The molecule has 1 aliphatic heterocycles. The quantitative estimate of drug-likeness (QED) is 0.625. The highest BCUT2D eigenvalue weighted by molar-refractivity contribution is 5.40. The molecule has 1 aliphatic rings. The molecule has 1 saturated heterocycles. The van der Waals surface area contributed by atoms with Crippen LogP contribution in [0.25, 0.3) is 0 Å². The number of rotatable bonds is 4. The van der Waals surface area contributed by atoms with Gasteiger partial charge in [0.05, 0.1) is 0 Å². The number of aliphatic hydroxyl groups excluding tert-OH is 1. The maximum Gasteiger partial charge on any atom is 0.124 e. The van der Waals surface area contributed by atoms with Crippen LogP contribution in [-0.4, -0.2) is 53.0 Å². The maximum absolute atomic E-state index is 9.94. The summed E-state index contributed by atoms with van der Waals surface area (Å²) in [6, 6.07) is 4.65. The van der Waals surface area contributed by atoms with Gasteiger partial charge in [-0.05, 0) is 12.5 Å². The summed E-state index contributed by atoms with van der Waals surface area (Å²) in [6.45, 7) is 3.70. The summed E-state index contributed by atoms with van der Waals surface area (Å²) in [7, 11) is 0. The molecule has 0 radical (unpaired) electrons. The monoisotopic (exact) mass is 252 g/mol. The average molecular weight is 252 g/mol. The topological polar surface area (TPSA) is 76.0 Å². The SMILES string of the molecule is OCC[C@@H](c1ccc(O)cc1O)N1CCNCC1. The van der Waals surface area contributed by atoms with Gasteiger partial charge in [-0.1, -0.05) is 6.07 Å². The van der Waals surface area contributed by atoms with Crippen LogP contribution in [0.3, 0.4) is 0 Å². The summed E-state index contributed by atoms with van der Waals surface area (Å²) in [5.41, 5.74) is 0.767. The third-order valence-electron chi connectivity index (χ3n) is 3.37. The number of nitrogens with zero attached hydrogens (tertiary/aromatic N) is 1. The summed E-state index contributed by atoms with van der Waals surface area (Å²) in [5.74, 6) is 0.145. The highest BCUT2D eigenvalue weighted by Gasteiger charge is 2.24. The molecule has 0 spiro atoms. The minimum atomic E-state index is -0.00213. The molecule has 1 aromatic carbocycles. The zero-order valence-electron chi connectivity index (χ0n) is 10.3. The Bertz CT molecular complexity index is 392. The van der Waals surface area contributed by atoms with Crippen molar-refractivity contribution in [1.82, 2.24) is 10.2 Å². The molecule has 100 valence electrons. The van der Waals surface area contributed by atoms with Crippen molar-refractivity contribution in [2.45, 2.75) is 12.5 Å². The van der Waals surface area contributed by atoms with Crippen molar-refractivity contribution < 1.29 is 15.3 Å². The number of aliphatic hydroxyl groups is 1. The van der Waals surface area contributed by atoms with Crippen LogP contribution >= 0.6 is 0 Å². The molecule has 1 heterocycles. The molecule has 1 aromatic rings. The average Bonchev–Trinajstić information content (AvgIpc) is 2.38. The normalized spacial score (nSPS) is 18.7. The van der Waals surface area contributed by atoms with E-state index in [1.807, 2.05) is 0 Å². The Morgan fingerprint density at radius 3 is 2.56 bits per heavy atom. The Kier molecular flexibility index (Phi) is 4.41. The zero-order chi connectivity index (χ0) is 13.0. The van der Waals surface area contributed by atoms with Crippen molar-refractivity contribution in [2.24, 2.45) is 0 Å². The van der Waals surface area contributed by atoms with Crippen LogP contribution in [-0.2, 0) is 0 Å². The number of phenols is 2. The van der Waals surface area contributed by atoms with Gasteiger partial charge in [-0.3, -0.25) is 4.90 Å². The molecular weight excluding hydrogens is 232 g/mol. The molecule has 0 aromatic heterocycles. The molecule has 0 saturated carbocycles. The van der Waals surface area contributed by atoms with Crippen LogP contribution in [0, 0.1) is 0 Å². The standard InChI is InChI=1S/C13H20N2O3/c16-8-3-12(15-6-4-14-5-7-15)11-2-1-10(17)9-13(11)18/h1-2,9,12,14,16-18H,3-8H2/t12-/m0/s1. The lowest BCUT2D eigenvalue weighted by atomic mass is 10.00. The fourth-order valence-corrected chi connectivity index (χ4v) is 2.46. The van der Waals surface area contributed by atoms with Gasteiger partial charge in [0, 0.05) is 50.5 Å². The van der Waals surface area contributed by atoms with E-state index in [0.29, 0.717) is 6.42 Å². The fourth-order valence-electron chi connectivity index (χ4n) is 2.46. The second-order valence-corrected chi connectivity index (χ2v) is 4.56. The molecule has 0 unspecified atom stereocenters. The summed E-state index contributed by atoms with van der Waals surface area (Å²) >= 11 is 0. The molecule has 0 amide bonds. The number of phenolic OH excluding ortho intramolecular Hbond substituents is 2. The summed E-state index contributed by atoms with van der Waals surface area (Å²) in [4.78, 5) is 2.25. The Labute approximate surface area is 107 Å². The van der Waals surface area contributed by atoms with E-state index in [4.69, 9.17) is 0 Å². The van der Waals surface area contributed by atoms with E-state index in [9.17, 15) is 15.3 Å². The maximum atomic E-state index is 9.94. The van der Waals surface area contributed by atoms with E-state index in [0.717, 1.165) is 31.7 Å². The van der Waals surface area contributed by atoms with E-state index >= 15 is 0 Å². The number of benzene rings is 1. The summed E-state index contributed by atoms with van der Waals surface area (Å²) < 4.78 is 0. The first-order chi connectivity index (χ1) is 8.72. The number of nitrogens with one attached hydrogen (secondary N) is 1. The Morgan fingerprint density at radius 2 is 1.94 bits per heavy atom. The Morgan fingerprint density at radius 1 is 1.22 bits per heavy atom. The van der Waals surface area contributed by atoms with Crippen molar-refractivity contribution in [3.8, 4) is 11.5 Å². The van der Waals surface area contributed by atoms with Gasteiger partial charge in [0.15, 0.2) is 0 Å². The zero-order valence-corrected chi connectivity index (χ0v) is 10.3. The highest BCUT2D eigenvalue weighted by atomic mass is 16.3. The fraction of sp³-hybridized carbons (Fsp3) is 0.538. The lowest BCUT2D eigenvalue weighted by Crippen LogP contribution is -2.45. The van der Waals surface area contributed by atoms with Crippen LogP contribution in [0.2, 0.25) is 0 Å². The lowest BCUT2D eigenvalue weighted by molar-refractivity contribution is 0.139. The van der Waals surface area contributed by atoms with Crippen molar-refractivity contribution >= 4 is 0 Å². The molecule has 0 aliphatic carbocycles. The molecule has 1 fully saturated rings. The first-order valence-corrected chi connectivity index (χ1v) is 6.30. The first kappa shape index (κ1) is 13.1. The molecule has 4 N–H and O–H groups in total. The van der Waals surface area contributed by atoms with Crippen LogP contribution in [0.4, 0.5) is 0 Å². The predicted molar refractivity (Wildman–Crippen MR) is 68.7 cm³/mol. The lowest BCUT2D eigenvalue weighted by Gasteiger charge is -2.35. The third kappa shape index (κ3) is 2.93. The van der Waals surface area contributed by atoms with Gasteiger partial charge in [0.25, 0.3) is 0 Å². The van der Waals surface area contributed by atoms with Crippen LogP contribution in [0.5, 0.6) is 11.5 Å². The number of aromatic hydroxyl groups is 2. The van der Waals surface area contributed by atoms with E-state index in [-0.39, 0.29) is 24.1 Å². The van der Waals surface area contributed by atoms with Gasteiger partial charge in [-0.25, -0.2) is 0 Å². The first-order valence-electron chi connectivity index (χ1n) is 6.30. The van der Waals surface area contributed by atoms with Gasteiger partial charge < -0.3 is 20.6 Å². The van der Waals surface area contributed by atoms with Crippen molar-refractivity contribution in [3.05, 3.63) is 23.8 Å². The van der Waals surface area contributed by atoms with Crippen LogP contribution in [0.15, 0.2) is 18.2 Å². The number of piperazine rings is 1. The molecule has 5 heteroatoms. The summed E-state index contributed by atoms with van der Waals surface area (Å²) in [6.07, 6.45) is 0.582. The minimum absolute atomic E-state index is 0.00213. The second-order valence-electron chi connectivity index (χ2n) is 4.56. The smallest absolute Gasteiger partial charge is 0.124 e. The van der Waals surface area contributed by atoms with E-state index in [1.165, 1.54) is 6.07 Å². The van der Waals surface area contributed by atoms with Crippen molar-refractivity contribution in [1.29, 1.82) is 0 Å². The molecule has 5 nitrogen and oxygen atoms in total. The Balaban J connectivity index is 2.22. The third-order valence-corrected chi connectivity index (χ3v) is 3.37. The van der Waals surface area contributed by atoms with E-state index < -0.39 is 0 Å². The largest absolute Gasteiger partial charge is 0.508 e. The second kappa shape index (κ2) is 6.04. The van der Waals surface area contributed by atoms with Gasteiger partial charge >= 0.3 is 0 Å². The van der Waals surface area contributed by atoms with Crippen molar-refractivity contribution in [2.75, 3.05) is 32.8 Å². The van der Waals surface area contributed by atoms with Gasteiger partial charge in [-0.15, -0.1) is 0 Å².